The molecule has 0 fully saturated rings. The maximum atomic E-state index is 9.66. The van der Waals surface area contributed by atoms with Gasteiger partial charge in [-0.05, 0) is 75.2 Å². The van der Waals surface area contributed by atoms with Gasteiger partial charge in [-0.15, -0.1) is 0 Å². The Kier molecular flexibility index (Phi) is 9.15. The first-order valence-electron chi connectivity index (χ1n) is 19.8. The molecule has 0 amide bonds. The Morgan fingerprint density at radius 3 is 1.30 bits per heavy atom. The van der Waals surface area contributed by atoms with Crippen molar-refractivity contribution in [2.45, 2.75) is 27.7 Å². The normalized spacial score (nSPS) is 11.3. The molecule has 10 aromatic rings. The molecule has 0 saturated heterocycles. The van der Waals surface area contributed by atoms with E-state index in [1.807, 2.05) is 113 Å². The van der Waals surface area contributed by atoms with Gasteiger partial charge in [0.25, 0.3) is 0 Å². The van der Waals surface area contributed by atoms with E-state index in [1.54, 1.807) is 0 Å². The van der Waals surface area contributed by atoms with Crippen LogP contribution in [0.2, 0.25) is 0 Å². The molecule has 6 aromatic carbocycles. The number of hydrogen-bond acceptors (Lipinski definition) is 10. The number of nitrogens with zero attached hydrogens (tertiary/aromatic N) is 11. The van der Waals surface area contributed by atoms with Crippen molar-refractivity contribution in [3.63, 3.8) is 0 Å². The number of aryl methyl sites for hydroxylation is 4. The minimum atomic E-state index is 0.503. The van der Waals surface area contributed by atoms with Crippen molar-refractivity contribution in [1.29, 1.82) is 5.26 Å². The predicted octanol–water partition coefficient (Wildman–Crippen LogP) is 10.4. The van der Waals surface area contributed by atoms with E-state index in [9.17, 15) is 5.26 Å². The highest BCUT2D eigenvalue weighted by Gasteiger charge is 2.21. The molecule has 0 spiro atoms. The van der Waals surface area contributed by atoms with Crippen LogP contribution in [0.5, 0.6) is 0 Å². The van der Waals surface area contributed by atoms with E-state index in [0.29, 0.717) is 58.0 Å². The largest absolute Gasteiger partial charge is 0.309 e. The number of rotatable bonds is 7. The molecular formula is C50H35N11. The maximum Gasteiger partial charge on any atom is 0.164 e. The van der Waals surface area contributed by atoms with Gasteiger partial charge in [0.05, 0.1) is 22.7 Å². The molecule has 0 saturated carbocycles. The number of aromatic nitrogens is 10. The third-order valence-electron chi connectivity index (χ3n) is 10.5. The van der Waals surface area contributed by atoms with Crippen LogP contribution in [0.25, 0.3) is 95.6 Å². The fourth-order valence-electron chi connectivity index (χ4n) is 7.83. The van der Waals surface area contributed by atoms with Gasteiger partial charge in [0.1, 0.15) is 23.3 Å². The molecule has 11 heteroatoms. The van der Waals surface area contributed by atoms with Crippen molar-refractivity contribution in [3.8, 4) is 79.8 Å². The van der Waals surface area contributed by atoms with Crippen LogP contribution in [0.3, 0.4) is 0 Å². The summed E-state index contributed by atoms with van der Waals surface area (Å²) in [5, 5.41) is 11.8. The summed E-state index contributed by atoms with van der Waals surface area (Å²) in [7, 11) is 0. The van der Waals surface area contributed by atoms with E-state index in [4.69, 9.17) is 34.9 Å². The van der Waals surface area contributed by atoms with Crippen LogP contribution in [-0.4, -0.2) is 49.4 Å². The maximum absolute atomic E-state index is 9.66. The summed E-state index contributed by atoms with van der Waals surface area (Å²) >= 11 is 0. The molecule has 10 rings (SSSR count). The second-order valence-electron chi connectivity index (χ2n) is 14.8. The summed E-state index contributed by atoms with van der Waals surface area (Å²) in [4.78, 5) is 43.1. The summed E-state index contributed by atoms with van der Waals surface area (Å²) in [6.07, 6.45) is 0. The topological polar surface area (TPSA) is 145 Å². The molecule has 11 nitrogen and oxygen atoms in total. The molecule has 0 aliphatic carbocycles. The summed E-state index contributed by atoms with van der Waals surface area (Å²) in [6, 6.07) is 48.7. The van der Waals surface area contributed by atoms with Gasteiger partial charge in [-0.2, -0.15) is 5.26 Å². The summed E-state index contributed by atoms with van der Waals surface area (Å²) in [6.45, 7) is 7.52. The van der Waals surface area contributed by atoms with Crippen LogP contribution in [0.1, 0.15) is 28.9 Å². The number of nitriles is 1. The van der Waals surface area contributed by atoms with Crippen molar-refractivity contribution >= 4 is 21.8 Å². The number of fused-ring (bicyclic) bond motifs is 3. The van der Waals surface area contributed by atoms with E-state index >= 15 is 0 Å². The van der Waals surface area contributed by atoms with Crippen molar-refractivity contribution < 1.29 is 0 Å². The van der Waals surface area contributed by atoms with Crippen LogP contribution in [0.4, 0.5) is 0 Å². The van der Waals surface area contributed by atoms with E-state index in [0.717, 1.165) is 66.4 Å². The predicted molar refractivity (Wildman–Crippen MR) is 237 cm³/mol. The van der Waals surface area contributed by atoms with Crippen molar-refractivity contribution in [1.82, 2.24) is 49.4 Å². The van der Waals surface area contributed by atoms with E-state index < -0.39 is 0 Å². The molecule has 0 aliphatic rings. The molecule has 0 radical (unpaired) electrons. The monoisotopic (exact) mass is 789 g/mol. The minimum Gasteiger partial charge on any atom is -0.309 e. The van der Waals surface area contributed by atoms with E-state index in [2.05, 4.69) is 75.2 Å². The summed E-state index contributed by atoms with van der Waals surface area (Å²) in [5.41, 5.74) is 9.40. The van der Waals surface area contributed by atoms with Gasteiger partial charge < -0.3 is 4.57 Å². The molecule has 4 aromatic heterocycles. The Labute approximate surface area is 351 Å². The number of hydrogen-bond donors (Lipinski definition) is 0. The van der Waals surface area contributed by atoms with Crippen LogP contribution in [-0.2, 0) is 0 Å². The van der Waals surface area contributed by atoms with E-state index in [1.165, 1.54) is 0 Å². The van der Waals surface area contributed by atoms with Crippen molar-refractivity contribution in [3.05, 3.63) is 168 Å². The van der Waals surface area contributed by atoms with Gasteiger partial charge in [-0.3, -0.25) is 0 Å². The van der Waals surface area contributed by atoms with Crippen molar-refractivity contribution in [2.24, 2.45) is 0 Å². The van der Waals surface area contributed by atoms with Gasteiger partial charge >= 0.3 is 0 Å². The van der Waals surface area contributed by atoms with Crippen LogP contribution in [0, 0.1) is 39.0 Å². The molecule has 290 valence electrons. The molecule has 61 heavy (non-hydrogen) atoms. The Morgan fingerprint density at radius 2 is 0.820 bits per heavy atom. The average Bonchev–Trinajstić information content (AvgIpc) is 3.61. The smallest absolute Gasteiger partial charge is 0.164 e. The average molecular weight is 790 g/mol. The zero-order chi connectivity index (χ0) is 41.6. The fraction of sp³-hybridized carbons (Fsp3) is 0.0800. The lowest BCUT2D eigenvalue weighted by atomic mass is 9.97. The second kappa shape index (κ2) is 15.1. The third kappa shape index (κ3) is 7.02. The number of benzene rings is 6. The minimum absolute atomic E-state index is 0.503. The lowest BCUT2D eigenvalue weighted by molar-refractivity contribution is 0.928. The van der Waals surface area contributed by atoms with Gasteiger partial charge in [0, 0.05) is 44.3 Å². The second-order valence-corrected chi connectivity index (χ2v) is 14.8. The standard InChI is InChI=1S/C50H35N11/c1-29-52-30(2)55-48(54-29)37-19-22-41-42-23-20-38(49-56-31(3)53-32(4)57-49)26-45(42)61(44(41)25-37)39-21-24-40(34-17-15-33(28-51)16-18-34)43(27-39)50-59-46(35-11-7-5-8-12-35)58-47(60-50)36-13-9-6-10-14-36/h5-27H,1-4H3. The van der Waals surface area contributed by atoms with Crippen LogP contribution in [0.15, 0.2) is 140 Å². The quantitative estimate of drug-likeness (QED) is 0.153. The molecule has 0 atom stereocenters. The Hall–Kier alpha value is -8.36. The Morgan fingerprint density at radius 1 is 0.377 bits per heavy atom. The zero-order valence-corrected chi connectivity index (χ0v) is 33.7. The first kappa shape index (κ1) is 36.9. The van der Waals surface area contributed by atoms with Gasteiger partial charge in [0.15, 0.2) is 29.1 Å². The first-order valence-corrected chi connectivity index (χ1v) is 19.8. The van der Waals surface area contributed by atoms with Gasteiger partial charge in [-0.25, -0.2) is 44.9 Å². The molecular weight excluding hydrogens is 755 g/mol. The summed E-state index contributed by atoms with van der Waals surface area (Å²) in [5.74, 6) is 5.43. The van der Waals surface area contributed by atoms with Crippen molar-refractivity contribution in [2.75, 3.05) is 0 Å². The first-order chi connectivity index (χ1) is 29.8. The molecule has 0 N–H and O–H groups in total. The van der Waals surface area contributed by atoms with Crippen LogP contribution >= 0.6 is 0 Å². The SMILES string of the molecule is Cc1nc(C)nc(-c2ccc3c4ccc(-c5nc(C)nc(C)n5)cc4n(-c4ccc(-c5ccc(C#N)cc5)c(-c5nc(-c6ccccc6)nc(-c6ccccc6)n5)c4)c3c2)n1. The fourth-order valence-corrected chi connectivity index (χ4v) is 7.83. The highest BCUT2D eigenvalue weighted by Crippen LogP contribution is 2.40. The van der Waals surface area contributed by atoms with Gasteiger partial charge in [0.2, 0.25) is 0 Å². The summed E-state index contributed by atoms with van der Waals surface area (Å²) < 4.78 is 2.25. The molecule has 4 heterocycles. The van der Waals surface area contributed by atoms with Gasteiger partial charge in [-0.1, -0.05) is 103 Å². The zero-order valence-electron chi connectivity index (χ0n) is 33.7. The molecule has 0 unspecified atom stereocenters. The molecule has 0 aliphatic heterocycles. The third-order valence-corrected chi connectivity index (χ3v) is 10.5. The Balaban J connectivity index is 1.27. The lowest BCUT2D eigenvalue weighted by Gasteiger charge is -2.16. The van der Waals surface area contributed by atoms with Crippen LogP contribution < -0.4 is 0 Å². The molecule has 0 bridgehead atoms. The van der Waals surface area contributed by atoms with E-state index in [-0.39, 0.29) is 0 Å². The highest BCUT2D eigenvalue weighted by molar-refractivity contribution is 6.11. The highest BCUT2D eigenvalue weighted by atomic mass is 15.1. The Bertz CT molecular complexity index is 3150. The lowest BCUT2D eigenvalue weighted by Crippen LogP contribution is -2.03.